The molecular weight excluding hydrogens is 271 g/mol. The van der Waals surface area contributed by atoms with Crippen LogP contribution in [0.1, 0.15) is 36.5 Å². The lowest BCUT2D eigenvalue weighted by atomic mass is 10.1. The first-order valence-corrected chi connectivity index (χ1v) is 7.48. The summed E-state index contributed by atoms with van der Waals surface area (Å²) in [6.07, 6.45) is 3.68. The maximum Gasteiger partial charge on any atom is 0.340 e. The Hall–Kier alpha value is -1.62. The van der Waals surface area contributed by atoms with Crippen LogP contribution < -0.4 is 5.32 Å². The van der Waals surface area contributed by atoms with Crippen molar-refractivity contribution < 1.29 is 13.9 Å². The van der Waals surface area contributed by atoms with Crippen molar-refractivity contribution in [1.29, 1.82) is 0 Å². The van der Waals surface area contributed by atoms with Gasteiger partial charge in [0.2, 0.25) is 0 Å². The molecule has 1 aliphatic carbocycles. The molecule has 2 unspecified atom stereocenters. The van der Waals surface area contributed by atoms with Gasteiger partial charge in [-0.25, -0.2) is 9.18 Å². The van der Waals surface area contributed by atoms with Gasteiger partial charge in [-0.2, -0.15) is 0 Å². The van der Waals surface area contributed by atoms with Gasteiger partial charge in [-0.1, -0.05) is 0 Å². The van der Waals surface area contributed by atoms with Gasteiger partial charge in [-0.3, -0.25) is 4.90 Å². The number of hydrogen-bond acceptors (Lipinski definition) is 4. The highest BCUT2D eigenvalue weighted by molar-refractivity contribution is 5.90. The third kappa shape index (κ3) is 3.02. The van der Waals surface area contributed by atoms with E-state index in [2.05, 4.69) is 21.9 Å². The van der Waals surface area contributed by atoms with Gasteiger partial charge < -0.3 is 10.1 Å². The van der Waals surface area contributed by atoms with Crippen LogP contribution >= 0.6 is 0 Å². The van der Waals surface area contributed by atoms with Gasteiger partial charge in [0.15, 0.2) is 0 Å². The molecule has 0 aromatic heterocycles. The van der Waals surface area contributed by atoms with Crippen molar-refractivity contribution in [2.45, 2.75) is 44.3 Å². The molecule has 1 aromatic rings. The molecule has 2 fully saturated rings. The SMILES string of the molecule is COC(=O)c1cc(NC2CC(C)N(C3CC3)C2)ccc1F. The van der Waals surface area contributed by atoms with Crippen LogP contribution in [-0.2, 0) is 4.74 Å². The Balaban J connectivity index is 1.69. The van der Waals surface area contributed by atoms with Crippen LogP contribution in [0.3, 0.4) is 0 Å². The van der Waals surface area contributed by atoms with Crippen molar-refractivity contribution in [2.75, 3.05) is 19.0 Å². The van der Waals surface area contributed by atoms with E-state index in [1.165, 1.54) is 32.1 Å². The molecule has 1 saturated heterocycles. The topological polar surface area (TPSA) is 41.6 Å². The van der Waals surface area contributed by atoms with Gasteiger partial charge >= 0.3 is 5.97 Å². The summed E-state index contributed by atoms with van der Waals surface area (Å²) in [7, 11) is 1.26. The summed E-state index contributed by atoms with van der Waals surface area (Å²) in [5.41, 5.74) is 0.749. The molecule has 21 heavy (non-hydrogen) atoms. The van der Waals surface area contributed by atoms with Crippen molar-refractivity contribution in [1.82, 2.24) is 4.90 Å². The predicted octanol–water partition coefficient (Wildman–Crippen LogP) is 2.65. The van der Waals surface area contributed by atoms with Crippen LogP contribution in [0, 0.1) is 5.82 Å². The molecule has 0 bridgehead atoms. The minimum absolute atomic E-state index is 0.0207. The summed E-state index contributed by atoms with van der Waals surface area (Å²) in [4.78, 5) is 14.1. The fourth-order valence-corrected chi connectivity index (χ4v) is 3.19. The molecule has 0 spiro atoms. The minimum atomic E-state index is -0.643. The number of anilines is 1. The number of rotatable bonds is 4. The second-order valence-corrected chi connectivity index (χ2v) is 6.04. The number of carbonyl (C=O) groups excluding carboxylic acids is 1. The molecule has 3 rings (SSSR count). The number of halogens is 1. The number of esters is 1. The molecule has 1 saturated carbocycles. The number of likely N-dealkylation sites (tertiary alicyclic amines) is 1. The van der Waals surface area contributed by atoms with Gasteiger partial charge in [0.05, 0.1) is 12.7 Å². The van der Waals surface area contributed by atoms with E-state index < -0.39 is 11.8 Å². The Morgan fingerprint density at radius 2 is 2.19 bits per heavy atom. The zero-order chi connectivity index (χ0) is 15.0. The first-order chi connectivity index (χ1) is 10.1. The Bertz CT molecular complexity index is 545. The largest absolute Gasteiger partial charge is 0.465 e. The molecule has 5 heteroatoms. The fourth-order valence-electron chi connectivity index (χ4n) is 3.19. The number of methoxy groups -OCH3 is 1. The molecule has 0 radical (unpaired) electrons. The van der Waals surface area contributed by atoms with Crippen molar-refractivity contribution in [3.63, 3.8) is 0 Å². The van der Waals surface area contributed by atoms with Crippen LogP contribution in [0.4, 0.5) is 10.1 Å². The van der Waals surface area contributed by atoms with Gasteiger partial charge in [0.25, 0.3) is 0 Å². The van der Waals surface area contributed by atoms with Crippen LogP contribution in [0.2, 0.25) is 0 Å². The monoisotopic (exact) mass is 292 g/mol. The first kappa shape index (κ1) is 14.3. The Labute approximate surface area is 124 Å². The Kier molecular flexibility index (Phi) is 3.85. The number of nitrogens with one attached hydrogen (secondary N) is 1. The highest BCUT2D eigenvalue weighted by Crippen LogP contribution is 2.34. The lowest BCUT2D eigenvalue weighted by molar-refractivity contribution is 0.0595. The van der Waals surface area contributed by atoms with Crippen LogP contribution in [0.25, 0.3) is 0 Å². The summed E-state index contributed by atoms with van der Waals surface area (Å²) in [5.74, 6) is -1.19. The van der Waals surface area contributed by atoms with E-state index >= 15 is 0 Å². The summed E-state index contributed by atoms with van der Waals surface area (Å²) in [6.45, 7) is 3.27. The molecule has 4 nitrogen and oxygen atoms in total. The molecule has 0 amide bonds. The molecule has 2 aliphatic rings. The van der Waals surface area contributed by atoms with Crippen molar-refractivity contribution in [3.8, 4) is 0 Å². The van der Waals surface area contributed by atoms with E-state index in [0.29, 0.717) is 12.1 Å². The molecule has 114 valence electrons. The van der Waals surface area contributed by atoms with E-state index in [4.69, 9.17) is 0 Å². The van der Waals surface area contributed by atoms with Crippen molar-refractivity contribution in [3.05, 3.63) is 29.6 Å². The minimum Gasteiger partial charge on any atom is -0.465 e. The quantitative estimate of drug-likeness (QED) is 0.866. The summed E-state index contributed by atoms with van der Waals surface area (Å²) < 4.78 is 18.2. The summed E-state index contributed by atoms with van der Waals surface area (Å²) in [6, 6.07) is 6.20. The van der Waals surface area contributed by atoms with Crippen LogP contribution in [0.15, 0.2) is 18.2 Å². The summed E-state index contributed by atoms with van der Waals surface area (Å²) >= 11 is 0. The Morgan fingerprint density at radius 1 is 1.43 bits per heavy atom. The highest BCUT2D eigenvalue weighted by Gasteiger charge is 2.38. The van der Waals surface area contributed by atoms with Crippen molar-refractivity contribution >= 4 is 11.7 Å². The van der Waals surface area contributed by atoms with E-state index in [-0.39, 0.29) is 5.56 Å². The maximum absolute atomic E-state index is 13.6. The van der Waals surface area contributed by atoms with E-state index in [1.54, 1.807) is 6.07 Å². The number of nitrogens with zero attached hydrogens (tertiary/aromatic N) is 1. The zero-order valence-corrected chi connectivity index (χ0v) is 12.4. The molecule has 1 N–H and O–H groups in total. The second kappa shape index (κ2) is 5.64. The first-order valence-electron chi connectivity index (χ1n) is 7.48. The third-order valence-corrected chi connectivity index (χ3v) is 4.38. The smallest absolute Gasteiger partial charge is 0.340 e. The lowest BCUT2D eigenvalue weighted by Gasteiger charge is -2.20. The average Bonchev–Trinajstić information content (AvgIpc) is 3.24. The standard InChI is InChI=1S/C16H21FN2O2/c1-10-7-12(9-19(10)13-4-5-13)18-11-3-6-15(17)14(8-11)16(20)21-2/h3,6,8,10,12-13,18H,4-5,7,9H2,1-2H3. The van der Waals surface area contributed by atoms with E-state index in [0.717, 1.165) is 24.7 Å². The highest BCUT2D eigenvalue weighted by atomic mass is 19.1. The molecule has 1 aliphatic heterocycles. The fraction of sp³-hybridized carbons (Fsp3) is 0.562. The Morgan fingerprint density at radius 3 is 2.86 bits per heavy atom. The number of hydrogen-bond donors (Lipinski definition) is 1. The lowest BCUT2D eigenvalue weighted by Crippen LogP contribution is -2.31. The van der Waals surface area contributed by atoms with Crippen LogP contribution in [0.5, 0.6) is 0 Å². The van der Waals surface area contributed by atoms with Gasteiger partial charge in [-0.15, -0.1) is 0 Å². The number of carbonyl (C=O) groups is 1. The molecule has 1 aromatic carbocycles. The van der Waals surface area contributed by atoms with E-state index in [9.17, 15) is 9.18 Å². The van der Waals surface area contributed by atoms with Gasteiger partial charge in [0.1, 0.15) is 5.82 Å². The van der Waals surface area contributed by atoms with Gasteiger partial charge in [-0.05, 0) is 44.4 Å². The molecule has 1 heterocycles. The summed E-state index contributed by atoms with van der Waals surface area (Å²) in [5, 5.41) is 3.41. The zero-order valence-electron chi connectivity index (χ0n) is 12.4. The average molecular weight is 292 g/mol. The van der Waals surface area contributed by atoms with Crippen LogP contribution in [-0.4, -0.2) is 42.6 Å². The third-order valence-electron chi connectivity index (χ3n) is 4.38. The normalized spacial score (nSPS) is 25.9. The van der Waals surface area contributed by atoms with Crippen molar-refractivity contribution in [2.24, 2.45) is 0 Å². The predicted molar refractivity (Wildman–Crippen MR) is 79.0 cm³/mol. The number of ether oxygens (including phenoxy) is 1. The molecule has 2 atom stereocenters. The van der Waals surface area contributed by atoms with E-state index in [1.807, 2.05) is 0 Å². The van der Waals surface area contributed by atoms with Gasteiger partial charge in [0, 0.05) is 30.4 Å². The second-order valence-electron chi connectivity index (χ2n) is 6.04. The maximum atomic E-state index is 13.6. The molecular formula is C16H21FN2O2. The number of benzene rings is 1.